The number of benzene rings is 3. The van der Waals surface area contributed by atoms with Crippen LogP contribution in [0, 0.1) is 20.8 Å². The summed E-state index contributed by atoms with van der Waals surface area (Å²) in [6.45, 7) is 10.1. The Morgan fingerprint density at radius 1 is 0.844 bits per heavy atom. The number of rotatable bonds is 7. The van der Waals surface area contributed by atoms with Gasteiger partial charge in [0, 0.05) is 11.3 Å². The molecule has 3 aromatic carbocycles. The molecule has 0 aliphatic rings. The third-order valence-electron chi connectivity index (χ3n) is 5.20. The van der Waals surface area contributed by atoms with Gasteiger partial charge in [-0.2, -0.15) is 0 Å². The van der Waals surface area contributed by atoms with Crippen LogP contribution in [0.4, 0.5) is 5.69 Å². The Hall–Kier alpha value is -3.60. The molecule has 3 rings (SSSR count). The molecule has 32 heavy (non-hydrogen) atoms. The van der Waals surface area contributed by atoms with Gasteiger partial charge in [-0.05, 0) is 85.8 Å². The predicted octanol–water partition coefficient (Wildman–Crippen LogP) is 5.97. The zero-order valence-electron chi connectivity index (χ0n) is 19.2. The van der Waals surface area contributed by atoms with Crippen molar-refractivity contribution in [2.24, 2.45) is 0 Å². The molecule has 0 saturated carbocycles. The molecule has 5 heteroatoms. The molecule has 0 bridgehead atoms. The Bertz CT molecular complexity index is 1120. The number of hydrogen-bond donors (Lipinski definition) is 1. The van der Waals surface area contributed by atoms with Crippen molar-refractivity contribution in [1.29, 1.82) is 0 Å². The number of nitrogens with one attached hydrogen (secondary N) is 1. The third-order valence-corrected chi connectivity index (χ3v) is 5.20. The van der Waals surface area contributed by atoms with Crippen LogP contribution >= 0.6 is 0 Å². The van der Waals surface area contributed by atoms with Gasteiger partial charge in [0.2, 0.25) is 0 Å². The van der Waals surface area contributed by atoms with E-state index in [0.29, 0.717) is 23.0 Å². The van der Waals surface area contributed by atoms with E-state index in [1.807, 2.05) is 57.2 Å². The van der Waals surface area contributed by atoms with Gasteiger partial charge in [-0.25, -0.2) is 4.79 Å². The Kier molecular flexibility index (Phi) is 7.31. The van der Waals surface area contributed by atoms with Crippen LogP contribution in [0.2, 0.25) is 0 Å². The fourth-order valence-electron chi connectivity index (χ4n) is 3.51. The summed E-state index contributed by atoms with van der Waals surface area (Å²) in [5, 5.41) is 2.90. The van der Waals surface area contributed by atoms with Gasteiger partial charge in [-0.3, -0.25) is 4.79 Å². The van der Waals surface area contributed by atoms with Crippen molar-refractivity contribution in [2.75, 3.05) is 11.9 Å². The van der Waals surface area contributed by atoms with E-state index in [2.05, 4.69) is 19.2 Å². The first-order valence-electron chi connectivity index (χ1n) is 10.7. The van der Waals surface area contributed by atoms with E-state index in [9.17, 15) is 9.59 Å². The lowest BCUT2D eigenvalue weighted by Gasteiger charge is -2.12. The molecule has 0 heterocycles. The zero-order valence-corrected chi connectivity index (χ0v) is 19.2. The van der Waals surface area contributed by atoms with Crippen LogP contribution in [0.1, 0.15) is 52.4 Å². The zero-order chi connectivity index (χ0) is 23.3. The normalized spacial score (nSPS) is 10.7. The van der Waals surface area contributed by atoms with E-state index >= 15 is 0 Å². The standard InChI is InChI=1S/C27H29NO4/c1-17(2)24-12-11-23(15-19(24)4)31-16-26(29)32-22-9-7-21(8-10-22)27(30)28-25-13-6-18(3)14-20(25)5/h6-15,17H,16H2,1-5H3,(H,28,30). The van der Waals surface area contributed by atoms with Gasteiger partial charge in [0.25, 0.3) is 5.91 Å². The molecule has 0 radical (unpaired) electrons. The van der Waals surface area contributed by atoms with Crippen molar-refractivity contribution in [3.05, 3.63) is 88.5 Å². The van der Waals surface area contributed by atoms with E-state index in [1.54, 1.807) is 24.3 Å². The summed E-state index contributed by atoms with van der Waals surface area (Å²) in [7, 11) is 0. The Morgan fingerprint density at radius 2 is 1.53 bits per heavy atom. The number of hydrogen-bond acceptors (Lipinski definition) is 4. The second kappa shape index (κ2) is 10.1. The molecule has 0 aromatic heterocycles. The number of carbonyl (C=O) groups excluding carboxylic acids is 2. The molecule has 0 fully saturated rings. The van der Waals surface area contributed by atoms with Gasteiger partial charge in [-0.1, -0.05) is 37.6 Å². The van der Waals surface area contributed by atoms with Crippen LogP contribution < -0.4 is 14.8 Å². The SMILES string of the molecule is Cc1ccc(NC(=O)c2ccc(OC(=O)COc3ccc(C(C)C)c(C)c3)cc2)c(C)c1. The third kappa shape index (κ3) is 5.97. The summed E-state index contributed by atoms with van der Waals surface area (Å²) in [6.07, 6.45) is 0. The van der Waals surface area contributed by atoms with Gasteiger partial charge < -0.3 is 14.8 Å². The van der Waals surface area contributed by atoms with E-state index in [0.717, 1.165) is 22.4 Å². The minimum Gasteiger partial charge on any atom is -0.482 e. The molecule has 0 atom stereocenters. The Morgan fingerprint density at radius 3 is 2.16 bits per heavy atom. The first kappa shape index (κ1) is 23.1. The van der Waals surface area contributed by atoms with Gasteiger partial charge in [0.1, 0.15) is 11.5 Å². The lowest BCUT2D eigenvalue weighted by molar-refractivity contribution is -0.136. The lowest BCUT2D eigenvalue weighted by Crippen LogP contribution is -2.18. The first-order chi connectivity index (χ1) is 15.2. The molecule has 166 valence electrons. The van der Waals surface area contributed by atoms with E-state index < -0.39 is 5.97 Å². The highest BCUT2D eigenvalue weighted by atomic mass is 16.6. The summed E-state index contributed by atoms with van der Waals surface area (Å²) >= 11 is 0. The average molecular weight is 432 g/mol. The number of carbonyl (C=O) groups is 2. The smallest absolute Gasteiger partial charge is 0.349 e. The second-order valence-electron chi connectivity index (χ2n) is 8.23. The molecular formula is C27H29NO4. The Labute approximate surface area is 189 Å². The summed E-state index contributed by atoms with van der Waals surface area (Å²) < 4.78 is 10.9. The van der Waals surface area contributed by atoms with Crippen LogP contribution in [0.3, 0.4) is 0 Å². The van der Waals surface area contributed by atoms with Crippen molar-refractivity contribution in [1.82, 2.24) is 0 Å². The van der Waals surface area contributed by atoms with E-state index in [4.69, 9.17) is 9.47 Å². The number of aryl methyl sites for hydroxylation is 3. The van der Waals surface area contributed by atoms with Gasteiger partial charge >= 0.3 is 5.97 Å². The van der Waals surface area contributed by atoms with Crippen LogP contribution in [-0.2, 0) is 4.79 Å². The molecule has 1 N–H and O–H groups in total. The van der Waals surface area contributed by atoms with E-state index in [-0.39, 0.29) is 12.5 Å². The van der Waals surface area contributed by atoms with Gasteiger partial charge in [0.15, 0.2) is 6.61 Å². The maximum Gasteiger partial charge on any atom is 0.349 e. The molecule has 3 aromatic rings. The first-order valence-corrected chi connectivity index (χ1v) is 10.7. The van der Waals surface area contributed by atoms with Crippen molar-refractivity contribution in [3.8, 4) is 11.5 Å². The van der Waals surface area contributed by atoms with Crippen LogP contribution in [0.25, 0.3) is 0 Å². The molecular weight excluding hydrogens is 402 g/mol. The van der Waals surface area contributed by atoms with Crippen molar-refractivity contribution in [2.45, 2.75) is 40.5 Å². The Balaban J connectivity index is 1.54. The summed E-state index contributed by atoms with van der Waals surface area (Å²) in [6, 6.07) is 18.1. The van der Waals surface area contributed by atoms with Gasteiger partial charge in [0.05, 0.1) is 0 Å². The fraction of sp³-hybridized carbons (Fsp3) is 0.259. The highest BCUT2D eigenvalue weighted by Crippen LogP contribution is 2.23. The molecule has 0 spiro atoms. The molecule has 0 unspecified atom stereocenters. The number of anilines is 1. The highest BCUT2D eigenvalue weighted by Gasteiger charge is 2.11. The molecule has 0 aliphatic carbocycles. The number of ether oxygens (including phenoxy) is 2. The molecule has 1 amide bonds. The van der Waals surface area contributed by atoms with Gasteiger partial charge in [-0.15, -0.1) is 0 Å². The second-order valence-corrected chi connectivity index (χ2v) is 8.23. The van der Waals surface area contributed by atoms with Crippen LogP contribution in [-0.4, -0.2) is 18.5 Å². The largest absolute Gasteiger partial charge is 0.482 e. The maximum absolute atomic E-state index is 12.5. The maximum atomic E-state index is 12.5. The van der Waals surface area contributed by atoms with Crippen molar-refractivity contribution < 1.29 is 19.1 Å². The van der Waals surface area contributed by atoms with E-state index in [1.165, 1.54) is 5.56 Å². The summed E-state index contributed by atoms with van der Waals surface area (Å²) in [5.41, 5.74) is 5.75. The van der Waals surface area contributed by atoms with Crippen LogP contribution in [0.5, 0.6) is 11.5 Å². The number of amides is 1. The minimum atomic E-state index is -0.511. The number of esters is 1. The monoisotopic (exact) mass is 431 g/mol. The van der Waals surface area contributed by atoms with Crippen LogP contribution in [0.15, 0.2) is 60.7 Å². The lowest BCUT2D eigenvalue weighted by atomic mass is 9.98. The molecule has 0 aliphatic heterocycles. The van der Waals surface area contributed by atoms with Crippen molar-refractivity contribution >= 4 is 17.6 Å². The highest BCUT2D eigenvalue weighted by molar-refractivity contribution is 6.04. The summed E-state index contributed by atoms with van der Waals surface area (Å²) in [5.74, 6) is 0.678. The van der Waals surface area contributed by atoms with Crippen molar-refractivity contribution in [3.63, 3.8) is 0 Å². The minimum absolute atomic E-state index is 0.199. The topological polar surface area (TPSA) is 64.6 Å². The molecule has 5 nitrogen and oxygen atoms in total. The predicted molar refractivity (Wildman–Crippen MR) is 127 cm³/mol. The quantitative estimate of drug-likeness (QED) is 0.370. The average Bonchev–Trinajstić information content (AvgIpc) is 2.74. The fourth-order valence-corrected chi connectivity index (χ4v) is 3.51. The summed E-state index contributed by atoms with van der Waals surface area (Å²) in [4.78, 5) is 24.6. The molecule has 0 saturated heterocycles.